The van der Waals surface area contributed by atoms with Crippen LogP contribution in [0.2, 0.25) is 0 Å². The predicted molar refractivity (Wildman–Crippen MR) is 128 cm³/mol. The van der Waals surface area contributed by atoms with Crippen molar-refractivity contribution < 1.29 is 27.5 Å². The fourth-order valence-electron chi connectivity index (χ4n) is 4.05. The molecule has 6 nitrogen and oxygen atoms in total. The molecule has 5 rings (SSSR count). The van der Waals surface area contributed by atoms with E-state index in [9.17, 15) is 17.6 Å². The number of halogens is 4. The minimum atomic E-state index is -5.08. The Kier molecular flexibility index (Phi) is 7.70. The first-order chi connectivity index (χ1) is 17.1. The van der Waals surface area contributed by atoms with Crippen molar-refractivity contribution in [3.05, 3.63) is 76.1 Å². The molecule has 0 unspecified atom stereocenters. The Labute approximate surface area is 208 Å². The van der Waals surface area contributed by atoms with E-state index in [1.807, 2.05) is 40.2 Å². The molecular weight excluding hydrogens is 496 g/mol. The lowest BCUT2D eigenvalue weighted by Crippen LogP contribution is -2.32. The molecule has 1 N–H and O–H groups in total. The molecule has 4 heterocycles. The van der Waals surface area contributed by atoms with Crippen LogP contribution in [-0.2, 0) is 11.3 Å². The molecule has 0 aliphatic carbocycles. The topological polar surface area (TPSA) is 70.7 Å². The lowest BCUT2D eigenvalue weighted by Gasteiger charge is -2.30. The first kappa shape index (κ1) is 25.8. The summed E-state index contributed by atoms with van der Waals surface area (Å²) in [6.07, 6.45) is -0.981. The maximum absolute atomic E-state index is 13.5. The van der Waals surface area contributed by atoms with E-state index in [0.29, 0.717) is 5.92 Å². The summed E-state index contributed by atoms with van der Waals surface area (Å²) in [5, 5.41) is 11.9. The van der Waals surface area contributed by atoms with Crippen molar-refractivity contribution in [2.45, 2.75) is 38.4 Å². The second kappa shape index (κ2) is 10.8. The lowest BCUT2D eigenvalue weighted by molar-refractivity contribution is -0.192. The lowest BCUT2D eigenvalue weighted by atomic mass is 9.96. The summed E-state index contributed by atoms with van der Waals surface area (Å²) in [7, 11) is 0. The summed E-state index contributed by atoms with van der Waals surface area (Å²) < 4.78 is 47.1. The highest BCUT2D eigenvalue weighted by Crippen LogP contribution is 2.29. The van der Waals surface area contributed by atoms with Gasteiger partial charge in [0.25, 0.3) is 0 Å². The van der Waals surface area contributed by atoms with Gasteiger partial charge in [0, 0.05) is 34.0 Å². The summed E-state index contributed by atoms with van der Waals surface area (Å²) in [4.78, 5) is 19.0. The number of thiophene rings is 1. The van der Waals surface area contributed by atoms with Crippen LogP contribution >= 0.6 is 11.3 Å². The average Bonchev–Trinajstić information content (AvgIpc) is 3.44. The number of aromatic nitrogens is 3. The third kappa shape index (κ3) is 6.46. The molecule has 1 fully saturated rings. The zero-order valence-electron chi connectivity index (χ0n) is 19.4. The number of likely N-dealkylation sites (tertiary alicyclic amines) is 1. The van der Waals surface area contributed by atoms with E-state index in [2.05, 4.69) is 24.0 Å². The minimum Gasteiger partial charge on any atom is -0.475 e. The second-order valence-electron chi connectivity index (χ2n) is 8.57. The fourth-order valence-corrected chi connectivity index (χ4v) is 4.98. The molecule has 0 bridgehead atoms. The highest BCUT2D eigenvalue weighted by molar-refractivity contribution is 7.11. The van der Waals surface area contributed by atoms with Crippen molar-refractivity contribution in [2.24, 2.45) is 0 Å². The van der Waals surface area contributed by atoms with Gasteiger partial charge in [-0.2, -0.15) is 18.3 Å². The fraction of sp³-hybridized carbons (Fsp3) is 0.320. The smallest absolute Gasteiger partial charge is 0.475 e. The normalized spacial score (nSPS) is 15.0. The number of aryl methyl sites for hydroxylation is 1. The molecule has 1 saturated heterocycles. The maximum Gasteiger partial charge on any atom is 0.490 e. The van der Waals surface area contributed by atoms with E-state index in [0.717, 1.165) is 55.1 Å². The summed E-state index contributed by atoms with van der Waals surface area (Å²) >= 11 is 1.89. The van der Waals surface area contributed by atoms with Crippen LogP contribution in [0.25, 0.3) is 16.8 Å². The van der Waals surface area contributed by atoms with Gasteiger partial charge in [0.15, 0.2) is 11.5 Å². The highest BCUT2D eigenvalue weighted by atomic mass is 32.1. The molecular formula is C25H24F4N4O2S. The van der Waals surface area contributed by atoms with Gasteiger partial charge < -0.3 is 5.11 Å². The van der Waals surface area contributed by atoms with Crippen molar-refractivity contribution in [2.75, 3.05) is 13.1 Å². The Balaban J connectivity index is 0.000000384. The van der Waals surface area contributed by atoms with Crippen molar-refractivity contribution >= 4 is 23.0 Å². The van der Waals surface area contributed by atoms with Gasteiger partial charge in [0.05, 0.1) is 0 Å². The quantitative estimate of drug-likeness (QED) is 0.339. The zero-order chi connectivity index (χ0) is 25.9. The number of alkyl halides is 3. The summed E-state index contributed by atoms with van der Waals surface area (Å²) in [6, 6.07) is 15.0. The van der Waals surface area contributed by atoms with Crippen LogP contribution in [0.4, 0.5) is 17.6 Å². The van der Waals surface area contributed by atoms with Crippen LogP contribution in [0.1, 0.15) is 34.3 Å². The first-order valence-corrected chi connectivity index (χ1v) is 12.1. The number of rotatable bonds is 4. The van der Waals surface area contributed by atoms with E-state index in [1.165, 1.54) is 15.8 Å². The number of carbonyl (C=O) groups is 1. The van der Waals surface area contributed by atoms with Gasteiger partial charge in [-0.25, -0.2) is 18.7 Å². The van der Waals surface area contributed by atoms with Crippen LogP contribution in [0.15, 0.2) is 54.7 Å². The van der Waals surface area contributed by atoms with Crippen molar-refractivity contribution in [3.63, 3.8) is 0 Å². The number of pyridine rings is 1. The van der Waals surface area contributed by atoms with Gasteiger partial charge in [-0.15, -0.1) is 11.3 Å². The van der Waals surface area contributed by atoms with Gasteiger partial charge in [-0.1, -0.05) is 12.1 Å². The number of nitrogens with zero attached hydrogens (tertiary/aromatic N) is 4. The number of aliphatic carboxylic acids is 1. The van der Waals surface area contributed by atoms with E-state index >= 15 is 0 Å². The third-order valence-corrected chi connectivity index (χ3v) is 6.86. The Bertz CT molecular complexity index is 1340. The van der Waals surface area contributed by atoms with Crippen LogP contribution in [0.3, 0.4) is 0 Å². The summed E-state index contributed by atoms with van der Waals surface area (Å²) in [5.74, 6) is -1.67. The van der Waals surface area contributed by atoms with Crippen LogP contribution in [0.5, 0.6) is 0 Å². The number of piperidine rings is 1. The molecule has 0 spiro atoms. The van der Waals surface area contributed by atoms with E-state index < -0.39 is 12.1 Å². The Morgan fingerprint density at radius 1 is 1.11 bits per heavy atom. The van der Waals surface area contributed by atoms with Gasteiger partial charge in [-0.05, 0) is 74.8 Å². The molecule has 3 aromatic heterocycles. The molecule has 190 valence electrons. The molecule has 1 aliphatic rings. The number of carboxylic acid groups (broad SMARTS) is 1. The second-order valence-corrected chi connectivity index (χ2v) is 9.94. The van der Waals surface area contributed by atoms with Gasteiger partial charge >= 0.3 is 12.1 Å². The number of fused-ring (bicyclic) bond motifs is 1. The summed E-state index contributed by atoms with van der Waals surface area (Å²) in [6.45, 7) is 5.35. The van der Waals surface area contributed by atoms with E-state index in [1.54, 1.807) is 12.1 Å². The molecule has 11 heteroatoms. The molecule has 1 aromatic carbocycles. The number of carboxylic acids is 1. The van der Waals surface area contributed by atoms with Crippen LogP contribution in [0, 0.1) is 12.7 Å². The van der Waals surface area contributed by atoms with Crippen molar-refractivity contribution in [1.82, 2.24) is 19.5 Å². The summed E-state index contributed by atoms with van der Waals surface area (Å²) in [5.41, 5.74) is 2.63. The van der Waals surface area contributed by atoms with Crippen molar-refractivity contribution in [3.8, 4) is 11.1 Å². The van der Waals surface area contributed by atoms with Gasteiger partial charge in [-0.3, -0.25) is 4.90 Å². The minimum absolute atomic E-state index is 0.230. The Morgan fingerprint density at radius 3 is 2.44 bits per heavy atom. The molecule has 0 amide bonds. The Hall–Kier alpha value is -3.31. The maximum atomic E-state index is 13.5. The monoisotopic (exact) mass is 520 g/mol. The third-order valence-electron chi connectivity index (χ3n) is 5.88. The molecule has 0 saturated carbocycles. The molecule has 0 radical (unpaired) electrons. The van der Waals surface area contributed by atoms with Crippen LogP contribution < -0.4 is 0 Å². The van der Waals surface area contributed by atoms with Crippen LogP contribution in [-0.4, -0.2) is 49.8 Å². The molecule has 1 aliphatic heterocycles. The number of hydrogen-bond donors (Lipinski definition) is 1. The molecule has 0 atom stereocenters. The standard InChI is InChI=1S/C23H23FN4S.C2HF3O2/c1-16-5-7-21(29-16)15-27-11-9-17(10-12-27)23-25-22-8-6-19(14-28(22)26-23)18-3-2-4-20(24)13-18;3-2(4,5)1(6)7/h2-8,13-14,17H,9-12,15H2,1H3;(H,6,7). The number of benzene rings is 1. The van der Waals surface area contributed by atoms with E-state index in [4.69, 9.17) is 20.0 Å². The largest absolute Gasteiger partial charge is 0.490 e. The molecule has 4 aromatic rings. The van der Waals surface area contributed by atoms with Crippen molar-refractivity contribution in [1.29, 1.82) is 0 Å². The zero-order valence-corrected chi connectivity index (χ0v) is 20.2. The molecule has 36 heavy (non-hydrogen) atoms. The van der Waals surface area contributed by atoms with Gasteiger partial charge in [0.1, 0.15) is 5.82 Å². The SMILES string of the molecule is Cc1ccc(CN2CCC(c3nc4ccc(-c5cccc(F)c5)cn4n3)CC2)s1.O=C(O)C(F)(F)F. The van der Waals surface area contributed by atoms with Gasteiger partial charge in [0.2, 0.25) is 0 Å². The predicted octanol–water partition coefficient (Wildman–Crippen LogP) is 5.92. The van der Waals surface area contributed by atoms with E-state index in [-0.39, 0.29) is 5.82 Å². The number of hydrogen-bond acceptors (Lipinski definition) is 5. The highest BCUT2D eigenvalue weighted by Gasteiger charge is 2.38. The first-order valence-electron chi connectivity index (χ1n) is 11.3. The Morgan fingerprint density at radius 2 is 1.83 bits per heavy atom. The average molecular weight is 521 g/mol.